The quantitative estimate of drug-likeness (QED) is 0.857. The lowest BCUT2D eigenvalue weighted by Crippen LogP contribution is -2.20. The zero-order chi connectivity index (χ0) is 15.4. The number of nitrogens with one attached hydrogen (secondary N) is 1. The molecule has 21 heavy (non-hydrogen) atoms. The van der Waals surface area contributed by atoms with Gasteiger partial charge in [0.2, 0.25) is 0 Å². The van der Waals surface area contributed by atoms with E-state index in [4.69, 9.17) is 16.3 Å². The maximum Gasteiger partial charge on any atom is 0.264 e. The van der Waals surface area contributed by atoms with Gasteiger partial charge in [0.1, 0.15) is 5.75 Å². The highest BCUT2D eigenvalue weighted by Crippen LogP contribution is 2.23. The number of anilines is 1. The number of hydrogen-bond donors (Lipinski definition) is 1. The molecule has 2 aromatic rings. The lowest BCUT2D eigenvalue weighted by atomic mass is 10.3. The van der Waals surface area contributed by atoms with Crippen molar-refractivity contribution in [3.63, 3.8) is 0 Å². The summed E-state index contributed by atoms with van der Waals surface area (Å²) in [5.74, 6) is 0.0944. The Morgan fingerprint density at radius 2 is 2.19 bits per heavy atom. The van der Waals surface area contributed by atoms with Crippen LogP contribution in [0.4, 0.5) is 5.13 Å². The molecule has 7 heteroatoms. The van der Waals surface area contributed by atoms with E-state index in [1.165, 1.54) is 6.92 Å². The first kappa shape index (κ1) is 15.5. The number of Topliss-reactive ketones (excluding diaryl/α,β-unsaturated/α-hetero) is 1. The van der Waals surface area contributed by atoms with E-state index in [1.54, 1.807) is 31.2 Å². The molecule has 2 rings (SSSR count). The van der Waals surface area contributed by atoms with Gasteiger partial charge in [-0.15, -0.1) is 0 Å². The molecule has 1 amide bonds. The summed E-state index contributed by atoms with van der Waals surface area (Å²) in [5.41, 5.74) is 0.610. The molecule has 1 heterocycles. The van der Waals surface area contributed by atoms with Crippen LogP contribution in [0, 0.1) is 6.92 Å². The lowest BCUT2D eigenvalue weighted by Gasteiger charge is -2.05. The number of benzene rings is 1. The summed E-state index contributed by atoms with van der Waals surface area (Å²) >= 11 is 6.97. The highest BCUT2D eigenvalue weighted by molar-refractivity contribution is 7.17. The Balaban J connectivity index is 1.93. The summed E-state index contributed by atoms with van der Waals surface area (Å²) in [6.07, 6.45) is 0. The summed E-state index contributed by atoms with van der Waals surface area (Å²) in [6.45, 7) is 3.04. The number of halogens is 1. The van der Waals surface area contributed by atoms with Crippen molar-refractivity contribution in [3.05, 3.63) is 39.9 Å². The predicted octanol–water partition coefficient (Wildman–Crippen LogP) is 3.33. The summed E-state index contributed by atoms with van der Waals surface area (Å²) in [6, 6.07) is 6.78. The van der Waals surface area contributed by atoms with Crippen molar-refractivity contribution in [3.8, 4) is 5.75 Å². The van der Waals surface area contributed by atoms with E-state index in [9.17, 15) is 9.59 Å². The third-order valence-corrected chi connectivity index (χ3v) is 3.94. The number of carbonyl (C=O) groups is 2. The molecule has 5 nitrogen and oxygen atoms in total. The fourth-order valence-electron chi connectivity index (χ4n) is 1.64. The molecular formula is C14H13ClN2O3S. The predicted molar refractivity (Wildman–Crippen MR) is 82.4 cm³/mol. The lowest BCUT2D eigenvalue weighted by molar-refractivity contribution is -0.118. The molecule has 0 fully saturated rings. The molecule has 0 aliphatic heterocycles. The smallest absolute Gasteiger partial charge is 0.264 e. The summed E-state index contributed by atoms with van der Waals surface area (Å²) in [4.78, 5) is 27.8. The molecule has 0 radical (unpaired) electrons. The third-order valence-electron chi connectivity index (χ3n) is 2.53. The van der Waals surface area contributed by atoms with Gasteiger partial charge in [0.05, 0.1) is 10.6 Å². The molecular weight excluding hydrogens is 312 g/mol. The molecule has 0 aliphatic rings. The van der Waals surface area contributed by atoms with Gasteiger partial charge in [-0.2, -0.15) is 0 Å². The molecule has 0 aliphatic carbocycles. The number of aryl methyl sites for hydroxylation is 1. The maximum absolute atomic E-state index is 11.8. The minimum Gasteiger partial charge on any atom is -0.484 e. The SMILES string of the molecule is CC(=O)c1sc(NC(=O)COc2cccc(Cl)c2)nc1C. The minimum absolute atomic E-state index is 0.0688. The molecule has 0 bridgehead atoms. The Bertz CT molecular complexity index is 685. The Hall–Kier alpha value is -1.92. The average Bonchev–Trinajstić information content (AvgIpc) is 2.77. The van der Waals surface area contributed by atoms with E-state index < -0.39 is 0 Å². The second-order valence-electron chi connectivity index (χ2n) is 4.28. The largest absolute Gasteiger partial charge is 0.484 e. The van der Waals surface area contributed by atoms with E-state index in [0.29, 0.717) is 26.5 Å². The van der Waals surface area contributed by atoms with Crippen molar-refractivity contribution in [2.24, 2.45) is 0 Å². The second-order valence-corrected chi connectivity index (χ2v) is 5.72. The first-order valence-electron chi connectivity index (χ1n) is 6.12. The highest BCUT2D eigenvalue weighted by atomic mass is 35.5. The first-order chi connectivity index (χ1) is 9.95. The van der Waals surface area contributed by atoms with E-state index in [-0.39, 0.29) is 18.3 Å². The van der Waals surface area contributed by atoms with Gasteiger partial charge in [-0.25, -0.2) is 4.98 Å². The fraction of sp³-hybridized carbons (Fsp3) is 0.214. The van der Waals surface area contributed by atoms with Crippen molar-refractivity contribution in [1.29, 1.82) is 0 Å². The number of amides is 1. The number of nitrogens with zero attached hydrogens (tertiary/aromatic N) is 1. The van der Waals surface area contributed by atoms with Crippen molar-refractivity contribution < 1.29 is 14.3 Å². The van der Waals surface area contributed by atoms with E-state index in [0.717, 1.165) is 11.3 Å². The zero-order valence-electron chi connectivity index (χ0n) is 11.5. The first-order valence-corrected chi connectivity index (χ1v) is 7.31. The van der Waals surface area contributed by atoms with Gasteiger partial charge >= 0.3 is 0 Å². The van der Waals surface area contributed by atoms with E-state index >= 15 is 0 Å². The Morgan fingerprint density at radius 3 is 2.81 bits per heavy atom. The highest BCUT2D eigenvalue weighted by Gasteiger charge is 2.13. The van der Waals surface area contributed by atoms with Crippen LogP contribution in [0.5, 0.6) is 5.75 Å². The molecule has 1 aromatic carbocycles. The monoisotopic (exact) mass is 324 g/mol. The van der Waals surface area contributed by atoms with Crippen LogP contribution in [-0.4, -0.2) is 23.3 Å². The van der Waals surface area contributed by atoms with Crippen LogP contribution < -0.4 is 10.1 Å². The molecule has 0 spiro atoms. The molecule has 1 aromatic heterocycles. The van der Waals surface area contributed by atoms with Gasteiger partial charge in [0, 0.05) is 11.9 Å². The number of ketones is 1. The van der Waals surface area contributed by atoms with Crippen molar-refractivity contribution >= 4 is 39.8 Å². The van der Waals surface area contributed by atoms with E-state index in [1.807, 2.05) is 0 Å². The van der Waals surface area contributed by atoms with Gasteiger partial charge in [-0.3, -0.25) is 14.9 Å². The number of thiazole rings is 1. The zero-order valence-corrected chi connectivity index (χ0v) is 13.0. The van der Waals surface area contributed by atoms with Crippen molar-refractivity contribution in [1.82, 2.24) is 4.98 Å². The number of aromatic nitrogens is 1. The molecule has 0 saturated heterocycles. The standard InChI is InChI=1S/C14H13ClN2O3S/c1-8-13(9(2)18)21-14(16-8)17-12(19)7-20-11-5-3-4-10(15)6-11/h3-6H,7H2,1-2H3,(H,16,17,19). The topological polar surface area (TPSA) is 68.3 Å². The number of hydrogen-bond acceptors (Lipinski definition) is 5. The molecule has 0 atom stereocenters. The number of ether oxygens (including phenoxy) is 1. The Kier molecular flexibility index (Phi) is 4.93. The normalized spacial score (nSPS) is 10.2. The van der Waals surface area contributed by atoms with Crippen LogP contribution in [0.2, 0.25) is 5.02 Å². The summed E-state index contributed by atoms with van der Waals surface area (Å²) in [7, 11) is 0. The second kappa shape index (κ2) is 6.69. The number of rotatable bonds is 5. The van der Waals surface area contributed by atoms with Crippen molar-refractivity contribution in [2.45, 2.75) is 13.8 Å². The van der Waals surface area contributed by atoms with Crippen LogP contribution in [0.3, 0.4) is 0 Å². The molecule has 0 unspecified atom stereocenters. The van der Waals surface area contributed by atoms with Crippen LogP contribution in [-0.2, 0) is 4.79 Å². The number of carbonyl (C=O) groups excluding carboxylic acids is 2. The van der Waals surface area contributed by atoms with Crippen LogP contribution in [0.15, 0.2) is 24.3 Å². The van der Waals surface area contributed by atoms with Crippen molar-refractivity contribution in [2.75, 3.05) is 11.9 Å². The summed E-state index contributed by atoms with van der Waals surface area (Å²) < 4.78 is 5.32. The van der Waals surface area contributed by atoms with Gasteiger partial charge in [-0.1, -0.05) is 29.0 Å². The minimum atomic E-state index is -0.348. The average molecular weight is 325 g/mol. The Morgan fingerprint density at radius 1 is 1.43 bits per heavy atom. The molecule has 1 N–H and O–H groups in total. The third kappa shape index (κ3) is 4.27. The summed E-state index contributed by atoms with van der Waals surface area (Å²) in [5, 5.41) is 3.52. The van der Waals surface area contributed by atoms with Crippen LogP contribution in [0.1, 0.15) is 22.3 Å². The maximum atomic E-state index is 11.8. The van der Waals surface area contributed by atoms with Gasteiger partial charge in [0.15, 0.2) is 17.5 Å². The molecule has 110 valence electrons. The van der Waals surface area contributed by atoms with Crippen LogP contribution in [0.25, 0.3) is 0 Å². The molecule has 0 saturated carbocycles. The van der Waals surface area contributed by atoms with Gasteiger partial charge in [0.25, 0.3) is 5.91 Å². The Labute approximate surface area is 130 Å². The van der Waals surface area contributed by atoms with Gasteiger partial charge in [-0.05, 0) is 25.1 Å². The van der Waals surface area contributed by atoms with Crippen LogP contribution >= 0.6 is 22.9 Å². The van der Waals surface area contributed by atoms with Gasteiger partial charge < -0.3 is 4.74 Å². The fourth-order valence-corrected chi connectivity index (χ4v) is 2.70. The van der Waals surface area contributed by atoms with E-state index in [2.05, 4.69) is 10.3 Å².